The molecule has 2 unspecified atom stereocenters. The van der Waals surface area contributed by atoms with Crippen molar-refractivity contribution in [3.8, 4) is 0 Å². The molecule has 21 heavy (non-hydrogen) atoms. The summed E-state index contributed by atoms with van der Waals surface area (Å²) in [4.78, 5) is 8.19. The van der Waals surface area contributed by atoms with Crippen molar-refractivity contribution in [2.75, 3.05) is 11.9 Å². The molecule has 110 valence electrons. The fraction of sp³-hybridized carbons (Fsp3) is 0.333. The summed E-state index contributed by atoms with van der Waals surface area (Å²) in [5.41, 5.74) is 1.48. The molecule has 1 fully saturated rings. The summed E-state index contributed by atoms with van der Waals surface area (Å²) in [6, 6.07) is 5.66. The van der Waals surface area contributed by atoms with Crippen LogP contribution in [-0.2, 0) is 4.74 Å². The van der Waals surface area contributed by atoms with Gasteiger partial charge in [0.25, 0.3) is 0 Å². The smallest absolute Gasteiger partial charge is 0.159 e. The van der Waals surface area contributed by atoms with Gasteiger partial charge >= 0.3 is 0 Å². The number of aryl methyl sites for hydroxylation is 1. The molecule has 2 aromatic rings. The topological polar surface area (TPSA) is 47.0 Å². The molecule has 0 spiro atoms. The highest BCUT2D eigenvalue weighted by molar-refractivity contribution is 5.37. The van der Waals surface area contributed by atoms with Crippen molar-refractivity contribution in [2.45, 2.75) is 25.5 Å². The van der Waals surface area contributed by atoms with Gasteiger partial charge in [-0.2, -0.15) is 0 Å². The number of rotatable bonds is 3. The van der Waals surface area contributed by atoms with Gasteiger partial charge in [-0.05, 0) is 31.0 Å². The maximum atomic E-state index is 13.4. The second kappa shape index (κ2) is 5.73. The number of aromatic nitrogens is 2. The van der Waals surface area contributed by atoms with Gasteiger partial charge in [-0.15, -0.1) is 0 Å². The lowest BCUT2D eigenvalue weighted by Crippen LogP contribution is -2.24. The maximum Gasteiger partial charge on any atom is 0.159 e. The van der Waals surface area contributed by atoms with Crippen molar-refractivity contribution >= 4 is 5.82 Å². The van der Waals surface area contributed by atoms with Crippen molar-refractivity contribution in [3.05, 3.63) is 53.5 Å². The number of ether oxygens (including phenoxy) is 1. The SMILES string of the molecule is Cc1cc(NC2CCOC2c2ccc(F)c(F)c2)ncn1. The number of nitrogens with one attached hydrogen (secondary N) is 1. The van der Waals surface area contributed by atoms with Crippen molar-refractivity contribution in [3.63, 3.8) is 0 Å². The van der Waals surface area contributed by atoms with Gasteiger partial charge in [-0.25, -0.2) is 18.7 Å². The van der Waals surface area contributed by atoms with E-state index in [1.54, 1.807) is 6.07 Å². The Morgan fingerprint density at radius 3 is 2.81 bits per heavy atom. The zero-order valence-corrected chi connectivity index (χ0v) is 11.5. The van der Waals surface area contributed by atoms with Crippen LogP contribution in [0.5, 0.6) is 0 Å². The number of anilines is 1. The lowest BCUT2D eigenvalue weighted by Gasteiger charge is -2.21. The van der Waals surface area contributed by atoms with Crippen molar-refractivity contribution in [2.24, 2.45) is 0 Å². The van der Waals surface area contributed by atoms with E-state index in [9.17, 15) is 8.78 Å². The molecule has 3 rings (SSSR count). The molecule has 1 aromatic heterocycles. The van der Waals surface area contributed by atoms with Crippen LogP contribution in [0, 0.1) is 18.6 Å². The van der Waals surface area contributed by atoms with Crippen LogP contribution in [0.15, 0.2) is 30.6 Å². The molecule has 1 N–H and O–H groups in total. The molecule has 1 saturated heterocycles. The van der Waals surface area contributed by atoms with E-state index in [0.717, 1.165) is 18.2 Å². The van der Waals surface area contributed by atoms with Crippen LogP contribution < -0.4 is 5.32 Å². The molecule has 6 heteroatoms. The quantitative estimate of drug-likeness (QED) is 0.944. The van der Waals surface area contributed by atoms with Gasteiger partial charge in [0.1, 0.15) is 18.2 Å². The van der Waals surface area contributed by atoms with Gasteiger partial charge < -0.3 is 10.1 Å². The highest BCUT2D eigenvalue weighted by Gasteiger charge is 2.30. The predicted octanol–water partition coefficient (Wildman–Crippen LogP) is 3.01. The van der Waals surface area contributed by atoms with Crippen LogP contribution in [0.1, 0.15) is 23.8 Å². The summed E-state index contributed by atoms with van der Waals surface area (Å²) in [6.45, 7) is 2.44. The average molecular weight is 291 g/mol. The Morgan fingerprint density at radius 1 is 1.19 bits per heavy atom. The maximum absolute atomic E-state index is 13.4. The van der Waals surface area contributed by atoms with Crippen LogP contribution >= 0.6 is 0 Å². The number of hydrogen-bond donors (Lipinski definition) is 1. The minimum absolute atomic E-state index is 0.0378. The number of hydrogen-bond acceptors (Lipinski definition) is 4. The minimum atomic E-state index is -0.861. The zero-order chi connectivity index (χ0) is 14.8. The molecule has 4 nitrogen and oxygen atoms in total. The molecule has 1 aromatic carbocycles. The third kappa shape index (κ3) is 3.00. The summed E-state index contributed by atoms with van der Waals surface area (Å²) < 4.78 is 32.0. The Bertz CT molecular complexity index is 651. The second-order valence-electron chi connectivity index (χ2n) is 5.05. The van der Waals surface area contributed by atoms with Crippen LogP contribution in [0.4, 0.5) is 14.6 Å². The van der Waals surface area contributed by atoms with Crippen LogP contribution in [-0.4, -0.2) is 22.6 Å². The first-order valence-electron chi connectivity index (χ1n) is 6.75. The number of halogens is 2. The first kappa shape index (κ1) is 13.9. The summed E-state index contributed by atoms with van der Waals surface area (Å²) >= 11 is 0. The highest BCUT2D eigenvalue weighted by Crippen LogP contribution is 2.31. The average Bonchev–Trinajstić information content (AvgIpc) is 2.90. The lowest BCUT2D eigenvalue weighted by molar-refractivity contribution is 0.107. The molecule has 0 saturated carbocycles. The monoisotopic (exact) mass is 291 g/mol. The molecular weight excluding hydrogens is 276 g/mol. The Hall–Kier alpha value is -2.08. The molecule has 2 heterocycles. The number of nitrogens with zero attached hydrogens (tertiary/aromatic N) is 2. The lowest BCUT2D eigenvalue weighted by atomic mass is 10.0. The van der Waals surface area contributed by atoms with Gasteiger partial charge in [-0.1, -0.05) is 6.07 Å². The van der Waals surface area contributed by atoms with Crippen molar-refractivity contribution in [1.82, 2.24) is 9.97 Å². The molecule has 0 amide bonds. The second-order valence-corrected chi connectivity index (χ2v) is 5.05. The summed E-state index contributed by atoms with van der Waals surface area (Å²) in [5, 5.41) is 3.27. The fourth-order valence-corrected chi connectivity index (χ4v) is 2.48. The fourth-order valence-electron chi connectivity index (χ4n) is 2.48. The predicted molar refractivity (Wildman–Crippen MR) is 73.8 cm³/mol. The van der Waals surface area contributed by atoms with Crippen LogP contribution in [0.25, 0.3) is 0 Å². The van der Waals surface area contributed by atoms with Gasteiger partial charge in [0.05, 0.1) is 6.04 Å². The van der Waals surface area contributed by atoms with E-state index < -0.39 is 11.6 Å². The molecule has 1 aliphatic heterocycles. The van der Waals surface area contributed by atoms with E-state index in [-0.39, 0.29) is 12.1 Å². The molecule has 0 radical (unpaired) electrons. The Morgan fingerprint density at radius 2 is 2.05 bits per heavy atom. The molecular formula is C15H15F2N3O. The Kier molecular flexibility index (Phi) is 3.79. The van der Waals surface area contributed by atoms with E-state index in [1.165, 1.54) is 12.4 Å². The summed E-state index contributed by atoms with van der Waals surface area (Å²) in [6.07, 6.45) is 1.93. The third-order valence-corrected chi connectivity index (χ3v) is 3.50. The standard InChI is InChI=1S/C15H15F2N3O/c1-9-6-14(19-8-18-9)20-13-4-5-21-15(13)10-2-3-11(16)12(17)7-10/h2-3,6-8,13,15H,4-5H2,1H3,(H,18,19,20). The van der Waals surface area contributed by atoms with Gasteiger partial charge in [-0.3, -0.25) is 0 Å². The molecule has 0 bridgehead atoms. The minimum Gasteiger partial charge on any atom is -0.371 e. The Labute approximate surface area is 121 Å². The molecule has 2 atom stereocenters. The largest absolute Gasteiger partial charge is 0.371 e. The Balaban J connectivity index is 1.80. The summed E-state index contributed by atoms with van der Waals surface area (Å²) in [7, 11) is 0. The van der Waals surface area contributed by atoms with Gasteiger partial charge in [0.15, 0.2) is 11.6 Å². The van der Waals surface area contributed by atoms with Gasteiger partial charge in [0.2, 0.25) is 0 Å². The van der Waals surface area contributed by atoms with E-state index in [2.05, 4.69) is 15.3 Å². The van der Waals surface area contributed by atoms with Gasteiger partial charge in [0, 0.05) is 18.4 Å². The highest BCUT2D eigenvalue weighted by atomic mass is 19.2. The van der Waals surface area contributed by atoms with E-state index >= 15 is 0 Å². The van der Waals surface area contributed by atoms with E-state index in [1.807, 2.05) is 13.0 Å². The third-order valence-electron chi connectivity index (χ3n) is 3.50. The van der Waals surface area contributed by atoms with Crippen molar-refractivity contribution < 1.29 is 13.5 Å². The van der Waals surface area contributed by atoms with Crippen LogP contribution in [0.2, 0.25) is 0 Å². The zero-order valence-electron chi connectivity index (χ0n) is 11.5. The van der Waals surface area contributed by atoms with Crippen molar-refractivity contribution in [1.29, 1.82) is 0 Å². The first-order chi connectivity index (χ1) is 10.1. The number of benzene rings is 1. The van der Waals surface area contributed by atoms with Crippen LogP contribution in [0.3, 0.4) is 0 Å². The normalized spacial score (nSPS) is 21.5. The summed E-state index contributed by atoms with van der Waals surface area (Å²) in [5.74, 6) is -1.02. The van der Waals surface area contributed by atoms with E-state index in [4.69, 9.17) is 4.74 Å². The molecule has 1 aliphatic rings. The molecule has 0 aliphatic carbocycles. The first-order valence-corrected chi connectivity index (χ1v) is 6.75. The van der Waals surface area contributed by atoms with E-state index in [0.29, 0.717) is 18.0 Å².